The molecule has 100 valence electrons. The molecule has 0 spiro atoms. The van der Waals surface area contributed by atoms with E-state index < -0.39 is 0 Å². The summed E-state index contributed by atoms with van der Waals surface area (Å²) in [6.07, 6.45) is 6.42. The summed E-state index contributed by atoms with van der Waals surface area (Å²) in [7, 11) is 0. The summed E-state index contributed by atoms with van der Waals surface area (Å²) in [5.74, 6) is 0. The van der Waals surface area contributed by atoms with Gasteiger partial charge >= 0.3 is 0 Å². The van der Waals surface area contributed by atoms with E-state index in [0.717, 1.165) is 17.7 Å². The summed E-state index contributed by atoms with van der Waals surface area (Å²) >= 11 is 0. The molecule has 2 aromatic heterocycles. The van der Waals surface area contributed by atoms with Crippen LogP contribution in [0.1, 0.15) is 24.9 Å². The van der Waals surface area contributed by atoms with Gasteiger partial charge in [-0.3, -0.25) is 4.98 Å². The average molecular weight is 264 g/mol. The predicted molar refractivity (Wildman–Crippen MR) is 78.1 cm³/mol. The first kappa shape index (κ1) is 12.5. The molecule has 0 aliphatic rings. The van der Waals surface area contributed by atoms with Crippen molar-refractivity contribution < 1.29 is 0 Å². The molecule has 3 aromatic rings. The molecule has 1 atom stereocenters. The van der Waals surface area contributed by atoms with Crippen LogP contribution < -0.4 is 0 Å². The summed E-state index contributed by atoms with van der Waals surface area (Å²) in [5, 5.41) is 7.75. The second-order valence-corrected chi connectivity index (χ2v) is 4.68. The SMILES string of the molecule is CCC(c1ccc(-c2ccccc2)nc1)n1cnnc1. The van der Waals surface area contributed by atoms with Gasteiger partial charge in [0.1, 0.15) is 12.7 Å². The summed E-state index contributed by atoms with van der Waals surface area (Å²) in [6, 6.07) is 14.6. The Hall–Kier alpha value is -2.49. The molecule has 0 aliphatic carbocycles. The van der Waals surface area contributed by atoms with Crippen molar-refractivity contribution in [1.82, 2.24) is 19.7 Å². The van der Waals surface area contributed by atoms with Gasteiger partial charge in [0.15, 0.2) is 0 Å². The molecule has 20 heavy (non-hydrogen) atoms. The number of rotatable bonds is 4. The fourth-order valence-electron chi connectivity index (χ4n) is 2.37. The Bertz CT molecular complexity index is 645. The first-order chi connectivity index (χ1) is 9.88. The molecule has 0 bridgehead atoms. The second-order valence-electron chi connectivity index (χ2n) is 4.68. The van der Waals surface area contributed by atoms with Crippen molar-refractivity contribution >= 4 is 0 Å². The molecule has 0 amide bonds. The van der Waals surface area contributed by atoms with Gasteiger partial charge in [-0.1, -0.05) is 43.3 Å². The van der Waals surface area contributed by atoms with E-state index >= 15 is 0 Å². The van der Waals surface area contributed by atoms with Gasteiger partial charge in [0.2, 0.25) is 0 Å². The minimum absolute atomic E-state index is 0.238. The molecule has 0 N–H and O–H groups in total. The van der Waals surface area contributed by atoms with Crippen LogP contribution >= 0.6 is 0 Å². The van der Waals surface area contributed by atoms with Crippen LogP contribution in [0.5, 0.6) is 0 Å². The zero-order chi connectivity index (χ0) is 13.8. The standard InChI is InChI=1S/C16H16N4/c1-2-16(20-11-18-19-12-20)14-8-9-15(17-10-14)13-6-4-3-5-7-13/h3-12,16H,2H2,1H3. The van der Waals surface area contributed by atoms with E-state index in [4.69, 9.17) is 0 Å². The zero-order valence-corrected chi connectivity index (χ0v) is 11.3. The smallest absolute Gasteiger partial charge is 0.119 e. The summed E-state index contributed by atoms with van der Waals surface area (Å²) in [4.78, 5) is 4.57. The van der Waals surface area contributed by atoms with Gasteiger partial charge in [-0.25, -0.2) is 0 Å². The zero-order valence-electron chi connectivity index (χ0n) is 11.3. The van der Waals surface area contributed by atoms with Crippen LogP contribution in [0.25, 0.3) is 11.3 Å². The molecule has 4 heteroatoms. The highest BCUT2D eigenvalue weighted by Gasteiger charge is 2.11. The third-order valence-electron chi connectivity index (χ3n) is 3.42. The summed E-state index contributed by atoms with van der Waals surface area (Å²) < 4.78 is 2.01. The van der Waals surface area contributed by atoms with Crippen LogP contribution in [0.2, 0.25) is 0 Å². The molecule has 2 heterocycles. The largest absolute Gasteiger partial charge is 0.313 e. The molecule has 0 fully saturated rings. The Balaban J connectivity index is 1.89. The van der Waals surface area contributed by atoms with E-state index in [1.165, 1.54) is 5.56 Å². The Morgan fingerprint density at radius 1 is 1.00 bits per heavy atom. The van der Waals surface area contributed by atoms with Crippen LogP contribution in [-0.4, -0.2) is 19.7 Å². The average Bonchev–Trinajstić information content (AvgIpc) is 3.04. The van der Waals surface area contributed by atoms with E-state index in [1.54, 1.807) is 12.7 Å². The maximum Gasteiger partial charge on any atom is 0.119 e. The maximum atomic E-state index is 4.57. The molecular weight excluding hydrogens is 248 g/mol. The molecule has 1 aromatic carbocycles. The first-order valence-corrected chi connectivity index (χ1v) is 6.74. The third-order valence-corrected chi connectivity index (χ3v) is 3.42. The van der Waals surface area contributed by atoms with Crippen molar-refractivity contribution in [3.8, 4) is 11.3 Å². The van der Waals surface area contributed by atoms with Crippen molar-refractivity contribution in [2.45, 2.75) is 19.4 Å². The van der Waals surface area contributed by atoms with Crippen molar-refractivity contribution in [3.05, 3.63) is 66.9 Å². The lowest BCUT2D eigenvalue weighted by Crippen LogP contribution is -2.08. The number of hydrogen-bond donors (Lipinski definition) is 0. The summed E-state index contributed by atoms with van der Waals surface area (Å²) in [5.41, 5.74) is 3.30. The van der Waals surface area contributed by atoms with Crippen LogP contribution in [0.3, 0.4) is 0 Å². The fraction of sp³-hybridized carbons (Fsp3) is 0.188. The third kappa shape index (κ3) is 2.45. The first-order valence-electron chi connectivity index (χ1n) is 6.74. The number of hydrogen-bond acceptors (Lipinski definition) is 3. The topological polar surface area (TPSA) is 43.6 Å². The lowest BCUT2D eigenvalue weighted by atomic mass is 10.0. The van der Waals surface area contributed by atoms with Crippen molar-refractivity contribution in [2.24, 2.45) is 0 Å². The number of pyridine rings is 1. The molecule has 4 nitrogen and oxygen atoms in total. The highest BCUT2D eigenvalue weighted by Crippen LogP contribution is 2.23. The van der Waals surface area contributed by atoms with Gasteiger partial charge in [-0.2, -0.15) is 0 Å². The summed E-state index contributed by atoms with van der Waals surface area (Å²) in [6.45, 7) is 2.15. The Morgan fingerprint density at radius 2 is 1.75 bits per heavy atom. The number of nitrogens with zero attached hydrogens (tertiary/aromatic N) is 4. The van der Waals surface area contributed by atoms with Gasteiger partial charge in [0, 0.05) is 11.8 Å². The lowest BCUT2D eigenvalue weighted by Gasteiger charge is -2.16. The second kappa shape index (κ2) is 5.65. The Morgan fingerprint density at radius 3 is 2.35 bits per heavy atom. The van der Waals surface area contributed by atoms with Gasteiger partial charge in [-0.05, 0) is 18.1 Å². The Labute approximate surface area is 118 Å². The van der Waals surface area contributed by atoms with Gasteiger partial charge in [0.25, 0.3) is 0 Å². The highest BCUT2D eigenvalue weighted by atomic mass is 15.2. The molecule has 0 aliphatic heterocycles. The predicted octanol–water partition coefficient (Wildman–Crippen LogP) is 3.34. The van der Waals surface area contributed by atoms with Crippen LogP contribution in [0.4, 0.5) is 0 Å². The molecule has 0 saturated heterocycles. The van der Waals surface area contributed by atoms with Crippen molar-refractivity contribution in [3.63, 3.8) is 0 Å². The minimum atomic E-state index is 0.238. The van der Waals surface area contributed by atoms with E-state index in [9.17, 15) is 0 Å². The monoisotopic (exact) mass is 264 g/mol. The number of aromatic nitrogens is 4. The van der Waals surface area contributed by atoms with Crippen LogP contribution in [0, 0.1) is 0 Å². The minimum Gasteiger partial charge on any atom is -0.313 e. The molecular formula is C16H16N4. The van der Waals surface area contributed by atoms with Crippen molar-refractivity contribution in [2.75, 3.05) is 0 Å². The molecule has 0 saturated carbocycles. The van der Waals surface area contributed by atoms with E-state index in [2.05, 4.69) is 46.4 Å². The fourth-order valence-corrected chi connectivity index (χ4v) is 2.37. The quantitative estimate of drug-likeness (QED) is 0.726. The van der Waals surface area contributed by atoms with Gasteiger partial charge in [0.05, 0.1) is 11.7 Å². The van der Waals surface area contributed by atoms with Gasteiger partial charge < -0.3 is 4.57 Å². The Kier molecular flexibility index (Phi) is 3.54. The van der Waals surface area contributed by atoms with E-state index in [0.29, 0.717) is 0 Å². The molecule has 0 radical (unpaired) electrons. The molecule has 1 unspecified atom stereocenters. The normalized spacial score (nSPS) is 12.2. The van der Waals surface area contributed by atoms with Crippen LogP contribution in [0.15, 0.2) is 61.3 Å². The lowest BCUT2D eigenvalue weighted by molar-refractivity contribution is 0.563. The van der Waals surface area contributed by atoms with Crippen LogP contribution in [-0.2, 0) is 0 Å². The van der Waals surface area contributed by atoms with E-state index in [-0.39, 0.29) is 6.04 Å². The number of benzene rings is 1. The van der Waals surface area contributed by atoms with Crippen molar-refractivity contribution in [1.29, 1.82) is 0 Å². The van der Waals surface area contributed by atoms with Gasteiger partial charge in [-0.15, -0.1) is 10.2 Å². The molecule has 3 rings (SSSR count). The maximum absolute atomic E-state index is 4.57. The highest BCUT2D eigenvalue weighted by molar-refractivity contribution is 5.58. The van der Waals surface area contributed by atoms with E-state index in [1.807, 2.05) is 29.0 Å².